The third-order valence-corrected chi connectivity index (χ3v) is 3.84. The SMILES string of the molecule is CCOc1cccc2c1nc(SCC(=O)O)n2CC(C)C. The van der Waals surface area contributed by atoms with Crippen LogP contribution in [0.5, 0.6) is 5.75 Å². The van der Waals surface area contributed by atoms with Crippen LogP contribution in [0.3, 0.4) is 0 Å². The lowest BCUT2D eigenvalue weighted by Crippen LogP contribution is -2.07. The van der Waals surface area contributed by atoms with Gasteiger partial charge in [-0.2, -0.15) is 0 Å². The maximum Gasteiger partial charge on any atom is 0.313 e. The minimum absolute atomic E-state index is 0.00534. The predicted octanol–water partition coefficient (Wildman–Crippen LogP) is 3.27. The van der Waals surface area contributed by atoms with Crippen LogP contribution < -0.4 is 4.74 Å². The number of rotatable bonds is 7. The fourth-order valence-electron chi connectivity index (χ4n) is 2.15. The van der Waals surface area contributed by atoms with Gasteiger partial charge in [0.25, 0.3) is 0 Å². The molecule has 0 amide bonds. The van der Waals surface area contributed by atoms with E-state index in [1.54, 1.807) is 0 Å². The second-order valence-electron chi connectivity index (χ2n) is 5.14. The van der Waals surface area contributed by atoms with Gasteiger partial charge in [0.05, 0.1) is 17.9 Å². The molecule has 0 bridgehead atoms. The molecule has 6 heteroatoms. The first-order valence-electron chi connectivity index (χ1n) is 6.99. The number of aromatic nitrogens is 2. The van der Waals surface area contributed by atoms with Gasteiger partial charge >= 0.3 is 5.97 Å². The van der Waals surface area contributed by atoms with Crippen molar-refractivity contribution < 1.29 is 14.6 Å². The molecule has 0 aliphatic carbocycles. The number of aliphatic carboxylic acids is 1. The molecule has 2 aromatic rings. The summed E-state index contributed by atoms with van der Waals surface area (Å²) in [7, 11) is 0. The van der Waals surface area contributed by atoms with E-state index >= 15 is 0 Å². The number of imidazole rings is 1. The molecule has 0 radical (unpaired) electrons. The highest BCUT2D eigenvalue weighted by atomic mass is 32.2. The van der Waals surface area contributed by atoms with E-state index in [1.165, 1.54) is 11.8 Å². The van der Waals surface area contributed by atoms with Crippen molar-refractivity contribution in [1.29, 1.82) is 0 Å². The van der Waals surface area contributed by atoms with Gasteiger partial charge in [0.15, 0.2) is 5.16 Å². The number of para-hydroxylation sites is 1. The fourth-order valence-corrected chi connectivity index (χ4v) is 2.89. The summed E-state index contributed by atoms with van der Waals surface area (Å²) in [4.78, 5) is 15.4. The molecule has 1 heterocycles. The minimum Gasteiger partial charge on any atom is -0.492 e. The van der Waals surface area contributed by atoms with Crippen LogP contribution in [0.2, 0.25) is 0 Å². The number of carboxylic acid groups (broad SMARTS) is 1. The number of hydrogen-bond donors (Lipinski definition) is 1. The summed E-state index contributed by atoms with van der Waals surface area (Å²) in [6, 6.07) is 5.83. The zero-order valence-electron chi connectivity index (χ0n) is 12.5. The Morgan fingerprint density at radius 3 is 2.86 bits per heavy atom. The van der Waals surface area contributed by atoms with Crippen molar-refractivity contribution in [3.8, 4) is 5.75 Å². The van der Waals surface area contributed by atoms with Crippen molar-refractivity contribution in [3.63, 3.8) is 0 Å². The average Bonchev–Trinajstić information content (AvgIpc) is 2.76. The fraction of sp³-hybridized carbons (Fsp3) is 0.467. The number of ether oxygens (including phenoxy) is 1. The van der Waals surface area contributed by atoms with Crippen LogP contribution in [0.15, 0.2) is 23.4 Å². The highest BCUT2D eigenvalue weighted by Crippen LogP contribution is 2.30. The number of fused-ring (bicyclic) bond motifs is 1. The largest absolute Gasteiger partial charge is 0.492 e. The Hall–Kier alpha value is -1.69. The molecule has 21 heavy (non-hydrogen) atoms. The molecule has 0 unspecified atom stereocenters. The number of carbonyl (C=O) groups is 1. The van der Waals surface area contributed by atoms with Gasteiger partial charge < -0.3 is 14.4 Å². The molecule has 1 N–H and O–H groups in total. The normalized spacial score (nSPS) is 11.2. The number of benzene rings is 1. The Bertz CT molecular complexity index is 637. The van der Waals surface area contributed by atoms with Crippen molar-refractivity contribution in [2.45, 2.75) is 32.5 Å². The Morgan fingerprint density at radius 1 is 1.48 bits per heavy atom. The summed E-state index contributed by atoms with van der Waals surface area (Å²) >= 11 is 1.25. The number of thioether (sulfide) groups is 1. The maximum absolute atomic E-state index is 10.8. The van der Waals surface area contributed by atoms with Gasteiger partial charge in [-0.15, -0.1) is 0 Å². The summed E-state index contributed by atoms with van der Waals surface area (Å²) in [6.45, 7) is 7.57. The van der Waals surface area contributed by atoms with Gasteiger partial charge in [0.2, 0.25) is 0 Å². The zero-order valence-corrected chi connectivity index (χ0v) is 13.3. The second-order valence-corrected chi connectivity index (χ2v) is 6.08. The molecule has 0 saturated heterocycles. The smallest absolute Gasteiger partial charge is 0.313 e. The van der Waals surface area contributed by atoms with E-state index in [1.807, 2.05) is 25.1 Å². The van der Waals surface area contributed by atoms with Crippen LogP contribution in [0.1, 0.15) is 20.8 Å². The van der Waals surface area contributed by atoms with Crippen molar-refractivity contribution in [2.75, 3.05) is 12.4 Å². The molecule has 0 aliphatic heterocycles. The second kappa shape index (κ2) is 6.85. The summed E-state index contributed by atoms with van der Waals surface area (Å²) in [5.41, 5.74) is 1.79. The number of carboxylic acids is 1. The van der Waals surface area contributed by atoms with Crippen LogP contribution in [0.4, 0.5) is 0 Å². The van der Waals surface area contributed by atoms with E-state index in [0.717, 1.165) is 28.5 Å². The van der Waals surface area contributed by atoms with Gasteiger partial charge in [0, 0.05) is 6.54 Å². The standard InChI is InChI=1S/C15H20N2O3S/c1-4-20-12-7-5-6-11-14(12)16-15(21-9-13(18)19)17(11)8-10(2)3/h5-7,10H,4,8-9H2,1-3H3,(H,18,19). The summed E-state index contributed by atoms with van der Waals surface area (Å²) < 4.78 is 7.70. The average molecular weight is 308 g/mol. The van der Waals surface area contributed by atoms with Crippen LogP contribution in [-0.2, 0) is 11.3 Å². The lowest BCUT2D eigenvalue weighted by Gasteiger charge is -2.11. The number of nitrogens with zero attached hydrogens (tertiary/aromatic N) is 2. The van der Waals surface area contributed by atoms with Crippen LogP contribution >= 0.6 is 11.8 Å². The summed E-state index contributed by atoms with van der Waals surface area (Å²) in [5, 5.41) is 9.61. The maximum atomic E-state index is 10.8. The molecule has 1 aromatic carbocycles. The first kappa shape index (κ1) is 15.7. The first-order chi connectivity index (χ1) is 10.0. The molecule has 0 atom stereocenters. The molecular weight excluding hydrogens is 288 g/mol. The van der Waals surface area contributed by atoms with Crippen LogP contribution in [0.25, 0.3) is 11.0 Å². The van der Waals surface area contributed by atoms with Gasteiger partial charge in [0.1, 0.15) is 11.3 Å². The molecule has 0 aliphatic rings. The molecule has 5 nitrogen and oxygen atoms in total. The van der Waals surface area contributed by atoms with Crippen LogP contribution in [0, 0.1) is 5.92 Å². The summed E-state index contributed by atoms with van der Waals surface area (Å²) in [6.07, 6.45) is 0. The van der Waals surface area contributed by atoms with Crippen molar-refractivity contribution in [1.82, 2.24) is 9.55 Å². The van der Waals surface area contributed by atoms with E-state index < -0.39 is 5.97 Å². The van der Waals surface area contributed by atoms with E-state index in [0.29, 0.717) is 12.5 Å². The first-order valence-corrected chi connectivity index (χ1v) is 7.98. The number of hydrogen-bond acceptors (Lipinski definition) is 4. The molecule has 0 saturated carbocycles. The predicted molar refractivity (Wildman–Crippen MR) is 84.1 cm³/mol. The van der Waals surface area contributed by atoms with Gasteiger partial charge in [-0.3, -0.25) is 4.79 Å². The van der Waals surface area contributed by atoms with Gasteiger partial charge in [-0.1, -0.05) is 31.7 Å². The molecule has 0 fully saturated rings. The molecule has 0 spiro atoms. The van der Waals surface area contributed by atoms with E-state index in [9.17, 15) is 4.79 Å². The van der Waals surface area contributed by atoms with Crippen molar-refractivity contribution in [2.24, 2.45) is 5.92 Å². The molecular formula is C15H20N2O3S. The molecule has 2 rings (SSSR count). The molecule has 114 valence electrons. The van der Waals surface area contributed by atoms with E-state index in [-0.39, 0.29) is 5.75 Å². The third kappa shape index (κ3) is 3.69. The zero-order chi connectivity index (χ0) is 15.4. The van der Waals surface area contributed by atoms with Crippen LogP contribution in [-0.4, -0.2) is 33.0 Å². The van der Waals surface area contributed by atoms with Gasteiger partial charge in [-0.25, -0.2) is 4.98 Å². The Kier molecular flexibility index (Phi) is 5.12. The quantitative estimate of drug-likeness (QED) is 0.795. The lowest BCUT2D eigenvalue weighted by molar-refractivity contribution is -0.133. The highest BCUT2D eigenvalue weighted by molar-refractivity contribution is 7.99. The van der Waals surface area contributed by atoms with E-state index in [4.69, 9.17) is 9.84 Å². The summed E-state index contributed by atoms with van der Waals surface area (Å²) in [5.74, 6) is 0.357. The monoisotopic (exact) mass is 308 g/mol. The molecule has 1 aromatic heterocycles. The highest BCUT2D eigenvalue weighted by Gasteiger charge is 2.16. The Labute approximate surface area is 128 Å². The minimum atomic E-state index is -0.840. The Balaban J connectivity index is 2.48. The van der Waals surface area contributed by atoms with Crippen molar-refractivity contribution in [3.05, 3.63) is 18.2 Å². The van der Waals surface area contributed by atoms with E-state index in [2.05, 4.69) is 23.4 Å². The lowest BCUT2D eigenvalue weighted by atomic mass is 10.2. The topological polar surface area (TPSA) is 64.3 Å². The Morgan fingerprint density at radius 2 is 2.24 bits per heavy atom. The third-order valence-electron chi connectivity index (χ3n) is 2.88. The van der Waals surface area contributed by atoms with Gasteiger partial charge in [-0.05, 0) is 25.0 Å². The van der Waals surface area contributed by atoms with Crippen molar-refractivity contribution >= 4 is 28.8 Å².